The van der Waals surface area contributed by atoms with Gasteiger partial charge >= 0.3 is 0 Å². The minimum atomic E-state index is -3.60. The molecule has 0 spiro atoms. The summed E-state index contributed by atoms with van der Waals surface area (Å²) < 4.78 is 32.3. The quantitative estimate of drug-likeness (QED) is 0.382. The van der Waals surface area contributed by atoms with Crippen LogP contribution in [0.25, 0.3) is 10.2 Å². The highest BCUT2D eigenvalue weighted by atomic mass is 32.2. The normalized spacial score (nSPS) is 11.7. The third-order valence-corrected chi connectivity index (χ3v) is 8.36. The van der Waals surface area contributed by atoms with Gasteiger partial charge in [-0.3, -0.25) is 14.7 Å². The van der Waals surface area contributed by atoms with Crippen LogP contribution >= 0.6 is 11.3 Å². The van der Waals surface area contributed by atoms with Crippen molar-refractivity contribution >= 4 is 42.6 Å². The largest absolute Gasteiger partial charge is 0.494 e. The molecular weight excluding hydrogens is 472 g/mol. The van der Waals surface area contributed by atoms with Crippen LogP contribution < -0.4 is 9.64 Å². The van der Waals surface area contributed by atoms with Crippen molar-refractivity contribution in [2.24, 2.45) is 0 Å². The van der Waals surface area contributed by atoms with Crippen LogP contribution in [-0.2, 0) is 16.6 Å². The molecule has 4 rings (SSSR count). The summed E-state index contributed by atoms with van der Waals surface area (Å²) in [4.78, 5) is 24.4. The van der Waals surface area contributed by atoms with E-state index in [2.05, 4.69) is 4.98 Å². The van der Waals surface area contributed by atoms with E-state index >= 15 is 0 Å². The van der Waals surface area contributed by atoms with E-state index < -0.39 is 10.0 Å². The molecule has 0 saturated carbocycles. The third-order valence-electron chi connectivity index (χ3n) is 5.31. The number of hydrogen-bond acceptors (Lipinski definition) is 7. The van der Waals surface area contributed by atoms with Crippen LogP contribution in [0.3, 0.4) is 0 Å². The molecule has 0 aliphatic rings. The van der Waals surface area contributed by atoms with Gasteiger partial charge in [0, 0.05) is 25.9 Å². The molecule has 34 heavy (non-hydrogen) atoms. The fraction of sp³-hybridized carbons (Fsp3) is 0.208. The van der Waals surface area contributed by atoms with Crippen LogP contribution in [0.15, 0.2) is 65.7 Å². The van der Waals surface area contributed by atoms with Crippen molar-refractivity contribution in [1.82, 2.24) is 14.3 Å². The van der Waals surface area contributed by atoms with Gasteiger partial charge in [-0.1, -0.05) is 23.5 Å². The minimum Gasteiger partial charge on any atom is -0.494 e. The SMILES string of the molecule is COc1ccc(C)c2sc(N(Cc3ccccn3)C(=O)c3ccc(S(=O)(=O)N(C)C)cc3)nc12. The van der Waals surface area contributed by atoms with E-state index in [4.69, 9.17) is 9.72 Å². The number of amides is 1. The van der Waals surface area contributed by atoms with Gasteiger partial charge in [-0.25, -0.2) is 17.7 Å². The number of carbonyl (C=O) groups excluding carboxylic acids is 1. The van der Waals surface area contributed by atoms with Crippen LogP contribution in [0.1, 0.15) is 21.6 Å². The molecule has 0 saturated heterocycles. The Kier molecular flexibility index (Phi) is 6.65. The minimum absolute atomic E-state index is 0.116. The van der Waals surface area contributed by atoms with E-state index in [1.54, 1.807) is 18.2 Å². The van der Waals surface area contributed by atoms with Crippen molar-refractivity contribution in [3.05, 3.63) is 77.6 Å². The van der Waals surface area contributed by atoms with E-state index in [0.717, 1.165) is 14.6 Å². The van der Waals surface area contributed by atoms with Gasteiger partial charge in [0.15, 0.2) is 5.13 Å². The summed E-state index contributed by atoms with van der Waals surface area (Å²) in [6.45, 7) is 2.19. The molecule has 1 amide bonds. The van der Waals surface area contributed by atoms with Crippen LogP contribution in [0.2, 0.25) is 0 Å². The summed E-state index contributed by atoms with van der Waals surface area (Å²) >= 11 is 1.40. The number of methoxy groups -OCH3 is 1. The van der Waals surface area contributed by atoms with Gasteiger partial charge in [-0.2, -0.15) is 0 Å². The zero-order chi connectivity index (χ0) is 24.5. The Morgan fingerprint density at radius 1 is 1.06 bits per heavy atom. The molecular formula is C24H24N4O4S2. The van der Waals surface area contributed by atoms with Crippen LogP contribution in [-0.4, -0.2) is 49.8 Å². The van der Waals surface area contributed by atoms with Crippen LogP contribution in [0, 0.1) is 6.92 Å². The van der Waals surface area contributed by atoms with Gasteiger partial charge in [0.25, 0.3) is 5.91 Å². The molecule has 0 N–H and O–H groups in total. The van der Waals surface area contributed by atoms with Crippen molar-refractivity contribution in [1.29, 1.82) is 0 Å². The molecule has 0 aliphatic heterocycles. The Hall–Kier alpha value is -3.34. The zero-order valence-electron chi connectivity index (χ0n) is 19.2. The average molecular weight is 497 g/mol. The lowest BCUT2D eigenvalue weighted by molar-refractivity contribution is 0.0984. The smallest absolute Gasteiger partial charge is 0.260 e. The van der Waals surface area contributed by atoms with E-state index in [-0.39, 0.29) is 17.3 Å². The predicted molar refractivity (Wildman–Crippen MR) is 133 cm³/mol. The first kappa shape index (κ1) is 23.8. The van der Waals surface area contributed by atoms with Crippen molar-refractivity contribution < 1.29 is 17.9 Å². The van der Waals surface area contributed by atoms with Crippen LogP contribution in [0.4, 0.5) is 5.13 Å². The summed E-state index contributed by atoms with van der Waals surface area (Å²) in [7, 11) is 0.920. The number of aryl methyl sites for hydroxylation is 1. The van der Waals surface area contributed by atoms with Crippen molar-refractivity contribution in [2.75, 3.05) is 26.1 Å². The van der Waals surface area contributed by atoms with Gasteiger partial charge in [0.2, 0.25) is 10.0 Å². The lowest BCUT2D eigenvalue weighted by Crippen LogP contribution is -2.30. The number of fused-ring (bicyclic) bond motifs is 1. The molecule has 0 aliphatic carbocycles. The molecule has 0 fully saturated rings. The number of benzene rings is 2. The van der Waals surface area contributed by atoms with Crippen molar-refractivity contribution in [3.63, 3.8) is 0 Å². The first-order valence-corrected chi connectivity index (χ1v) is 12.7. The Morgan fingerprint density at radius 2 is 1.79 bits per heavy atom. The maximum Gasteiger partial charge on any atom is 0.260 e. The predicted octanol–water partition coefficient (Wildman–Crippen LogP) is 4.11. The maximum atomic E-state index is 13.6. The van der Waals surface area contributed by atoms with Gasteiger partial charge in [-0.15, -0.1) is 0 Å². The molecule has 0 atom stereocenters. The second-order valence-electron chi connectivity index (χ2n) is 7.78. The molecule has 10 heteroatoms. The average Bonchev–Trinajstić information content (AvgIpc) is 3.29. The molecule has 0 radical (unpaired) electrons. The molecule has 2 aromatic carbocycles. The zero-order valence-corrected chi connectivity index (χ0v) is 20.9. The Bertz CT molecular complexity index is 1430. The summed E-state index contributed by atoms with van der Waals surface area (Å²) in [6, 6.07) is 15.2. The molecule has 0 unspecified atom stereocenters. The number of thiazole rings is 1. The Morgan fingerprint density at radius 3 is 2.41 bits per heavy atom. The Balaban J connectivity index is 1.77. The first-order chi connectivity index (χ1) is 16.2. The lowest BCUT2D eigenvalue weighted by atomic mass is 10.2. The van der Waals surface area contributed by atoms with Gasteiger partial charge in [-0.05, 0) is 55.0 Å². The molecule has 176 valence electrons. The maximum absolute atomic E-state index is 13.6. The fourth-order valence-electron chi connectivity index (χ4n) is 3.39. The molecule has 2 heterocycles. The second kappa shape index (κ2) is 9.49. The number of rotatable bonds is 7. The third kappa shape index (κ3) is 4.52. The highest BCUT2D eigenvalue weighted by Gasteiger charge is 2.25. The van der Waals surface area contributed by atoms with Gasteiger partial charge in [0.05, 0.1) is 28.9 Å². The standard InChI is InChI=1S/C24H24N4O4S2/c1-16-8-13-20(32-4)21-22(16)33-24(26-21)28(15-18-7-5-6-14-25-18)23(29)17-9-11-19(12-10-17)34(30,31)27(2)3/h5-14H,15H2,1-4H3. The number of pyridine rings is 1. The summed E-state index contributed by atoms with van der Waals surface area (Å²) in [5, 5.41) is 0.503. The lowest BCUT2D eigenvalue weighted by Gasteiger charge is -2.20. The summed E-state index contributed by atoms with van der Waals surface area (Å²) in [5.41, 5.74) is 2.76. The number of carbonyl (C=O) groups is 1. The van der Waals surface area contributed by atoms with Crippen molar-refractivity contribution in [2.45, 2.75) is 18.4 Å². The van der Waals surface area contributed by atoms with E-state index in [0.29, 0.717) is 27.7 Å². The fourth-order valence-corrected chi connectivity index (χ4v) is 5.35. The number of aromatic nitrogens is 2. The van der Waals surface area contributed by atoms with Crippen molar-refractivity contribution in [3.8, 4) is 5.75 Å². The highest BCUT2D eigenvalue weighted by molar-refractivity contribution is 7.89. The highest BCUT2D eigenvalue weighted by Crippen LogP contribution is 2.37. The number of hydrogen-bond donors (Lipinski definition) is 0. The monoisotopic (exact) mass is 496 g/mol. The molecule has 8 nitrogen and oxygen atoms in total. The van der Waals surface area contributed by atoms with Gasteiger partial charge < -0.3 is 4.74 Å². The number of nitrogens with zero attached hydrogens (tertiary/aromatic N) is 4. The number of ether oxygens (including phenoxy) is 1. The summed E-state index contributed by atoms with van der Waals surface area (Å²) in [5.74, 6) is 0.321. The van der Waals surface area contributed by atoms with E-state index in [1.165, 1.54) is 49.7 Å². The first-order valence-electron chi connectivity index (χ1n) is 10.4. The second-order valence-corrected chi connectivity index (χ2v) is 10.9. The molecule has 4 aromatic rings. The number of sulfonamides is 1. The summed E-state index contributed by atoms with van der Waals surface area (Å²) in [6.07, 6.45) is 1.67. The molecule has 0 bridgehead atoms. The van der Waals surface area contributed by atoms with E-state index in [9.17, 15) is 13.2 Å². The molecule has 2 aromatic heterocycles. The Labute approximate surface area is 202 Å². The van der Waals surface area contributed by atoms with E-state index in [1.807, 2.05) is 37.3 Å². The van der Waals surface area contributed by atoms with Crippen LogP contribution in [0.5, 0.6) is 5.75 Å². The topological polar surface area (TPSA) is 92.7 Å². The van der Waals surface area contributed by atoms with Gasteiger partial charge in [0.1, 0.15) is 11.3 Å². The number of anilines is 1.